The van der Waals surface area contributed by atoms with E-state index in [1.54, 1.807) is 0 Å². The Morgan fingerprint density at radius 2 is 2.15 bits per heavy atom. The van der Waals surface area contributed by atoms with Gasteiger partial charge in [-0.05, 0) is 30.2 Å². The zero-order valence-corrected chi connectivity index (χ0v) is 8.47. The molecule has 0 fully saturated rings. The number of benzene rings is 1. The van der Waals surface area contributed by atoms with E-state index in [4.69, 9.17) is 11.6 Å². The molecule has 0 unspecified atom stereocenters. The van der Waals surface area contributed by atoms with Crippen LogP contribution in [-0.2, 0) is 7.05 Å². The van der Waals surface area contributed by atoms with Gasteiger partial charge in [0.1, 0.15) is 0 Å². The minimum atomic E-state index is 0.793. The van der Waals surface area contributed by atoms with Gasteiger partial charge in [-0.2, -0.15) is 0 Å². The second-order valence-electron chi connectivity index (χ2n) is 3.15. The van der Waals surface area contributed by atoms with Crippen LogP contribution < -0.4 is 0 Å². The molecule has 0 amide bonds. The number of halogens is 1. The van der Waals surface area contributed by atoms with Crippen LogP contribution in [0.5, 0.6) is 0 Å². The summed E-state index contributed by atoms with van der Waals surface area (Å²) in [6.07, 6.45) is 4.21. The number of nitrogens with zero attached hydrogens (tertiary/aromatic N) is 1. The Bertz CT molecular complexity index is 443. The van der Waals surface area contributed by atoms with Crippen molar-refractivity contribution >= 4 is 22.5 Å². The third-order valence-corrected chi connectivity index (χ3v) is 2.53. The number of hydrogen-bond acceptors (Lipinski definition) is 0. The molecule has 0 saturated heterocycles. The van der Waals surface area contributed by atoms with E-state index >= 15 is 0 Å². The minimum Gasteiger partial charge on any atom is -0.350 e. The number of hydrogen-bond donors (Lipinski definition) is 0. The van der Waals surface area contributed by atoms with Crippen LogP contribution in [0.4, 0.5) is 0 Å². The van der Waals surface area contributed by atoms with Crippen LogP contribution in [0.2, 0.25) is 5.02 Å². The SMILES string of the molecule is C[CH]c1cn(C)c2ccc(Cl)cc12. The van der Waals surface area contributed by atoms with Gasteiger partial charge < -0.3 is 4.57 Å². The van der Waals surface area contributed by atoms with Crippen LogP contribution in [0.3, 0.4) is 0 Å². The van der Waals surface area contributed by atoms with Crippen molar-refractivity contribution < 1.29 is 0 Å². The van der Waals surface area contributed by atoms with Crippen LogP contribution in [0.1, 0.15) is 12.5 Å². The molecule has 1 aromatic carbocycles. The highest BCUT2D eigenvalue weighted by Gasteiger charge is 2.04. The summed E-state index contributed by atoms with van der Waals surface area (Å²) in [6.45, 7) is 2.04. The minimum absolute atomic E-state index is 0.793. The summed E-state index contributed by atoms with van der Waals surface area (Å²) < 4.78 is 2.11. The third kappa shape index (κ3) is 1.33. The molecule has 0 spiro atoms. The topological polar surface area (TPSA) is 4.93 Å². The quantitative estimate of drug-likeness (QED) is 0.653. The van der Waals surface area contributed by atoms with E-state index in [-0.39, 0.29) is 0 Å². The second-order valence-corrected chi connectivity index (χ2v) is 3.58. The van der Waals surface area contributed by atoms with Crippen LogP contribution in [0.25, 0.3) is 10.9 Å². The number of fused-ring (bicyclic) bond motifs is 1. The van der Waals surface area contributed by atoms with Crippen molar-refractivity contribution in [3.8, 4) is 0 Å². The monoisotopic (exact) mass is 192 g/mol. The Labute approximate surface area is 82.9 Å². The van der Waals surface area contributed by atoms with Gasteiger partial charge in [-0.25, -0.2) is 0 Å². The summed E-state index contributed by atoms with van der Waals surface area (Å²) in [4.78, 5) is 0. The van der Waals surface area contributed by atoms with Crippen molar-refractivity contribution in [3.63, 3.8) is 0 Å². The molecular weight excluding hydrogens is 182 g/mol. The predicted octanol–water partition coefficient (Wildman–Crippen LogP) is 3.40. The van der Waals surface area contributed by atoms with Crippen molar-refractivity contribution in [2.24, 2.45) is 7.05 Å². The highest BCUT2D eigenvalue weighted by atomic mass is 35.5. The van der Waals surface area contributed by atoms with Crippen LogP contribution in [0, 0.1) is 6.42 Å². The largest absolute Gasteiger partial charge is 0.350 e. The van der Waals surface area contributed by atoms with Crippen molar-refractivity contribution in [3.05, 3.63) is 41.4 Å². The average molecular weight is 193 g/mol. The van der Waals surface area contributed by atoms with Gasteiger partial charge in [-0.3, -0.25) is 0 Å². The third-order valence-electron chi connectivity index (χ3n) is 2.29. The van der Waals surface area contributed by atoms with Crippen molar-refractivity contribution in [1.82, 2.24) is 4.57 Å². The fourth-order valence-corrected chi connectivity index (χ4v) is 1.80. The molecule has 1 nitrogen and oxygen atoms in total. The second kappa shape index (κ2) is 3.08. The fraction of sp³-hybridized carbons (Fsp3) is 0.182. The van der Waals surface area contributed by atoms with Gasteiger partial charge in [0, 0.05) is 29.2 Å². The molecule has 13 heavy (non-hydrogen) atoms. The zero-order valence-electron chi connectivity index (χ0n) is 7.71. The lowest BCUT2D eigenvalue weighted by atomic mass is 10.1. The molecule has 0 N–H and O–H groups in total. The highest BCUT2D eigenvalue weighted by molar-refractivity contribution is 6.31. The molecule has 0 saturated carbocycles. The molecule has 1 heterocycles. The maximum absolute atomic E-state index is 5.93. The molecule has 2 rings (SSSR count). The maximum atomic E-state index is 5.93. The average Bonchev–Trinajstić information content (AvgIpc) is 2.42. The normalized spacial score (nSPS) is 11.0. The molecule has 0 aliphatic heterocycles. The first-order valence-electron chi connectivity index (χ1n) is 4.26. The van der Waals surface area contributed by atoms with Crippen molar-refractivity contribution in [2.75, 3.05) is 0 Å². The molecule has 0 aliphatic rings. The number of aromatic nitrogens is 1. The Kier molecular flexibility index (Phi) is 2.04. The first-order chi connectivity index (χ1) is 6.22. The molecule has 1 aromatic heterocycles. The standard InChI is InChI=1S/C11H11ClN/c1-3-8-7-13(2)11-5-4-9(12)6-10(8)11/h3-7H,1-2H3. The van der Waals surface area contributed by atoms with E-state index in [1.807, 2.05) is 32.2 Å². The lowest BCUT2D eigenvalue weighted by molar-refractivity contribution is 0.965. The number of aryl methyl sites for hydroxylation is 1. The summed E-state index contributed by atoms with van der Waals surface area (Å²) in [6, 6.07) is 5.97. The summed E-state index contributed by atoms with van der Waals surface area (Å²) in [5.74, 6) is 0. The lowest BCUT2D eigenvalue weighted by Gasteiger charge is -1.95. The van der Waals surface area contributed by atoms with Crippen LogP contribution >= 0.6 is 11.6 Å². The highest BCUT2D eigenvalue weighted by Crippen LogP contribution is 2.24. The molecule has 2 heteroatoms. The maximum Gasteiger partial charge on any atom is 0.0481 e. The summed E-state index contributed by atoms with van der Waals surface area (Å²) in [7, 11) is 2.04. The summed E-state index contributed by atoms with van der Waals surface area (Å²) in [5.41, 5.74) is 2.46. The molecule has 0 atom stereocenters. The van der Waals surface area contributed by atoms with E-state index in [0.717, 1.165) is 5.02 Å². The van der Waals surface area contributed by atoms with Gasteiger partial charge in [0.2, 0.25) is 0 Å². The molecule has 67 valence electrons. The first-order valence-corrected chi connectivity index (χ1v) is 4.64. The Balaban J connectivity index is 2.81. The van der Waals surface area contributed by atoms with E-state index in [9.17, 15) is 0 Å². The van der Waals surface area contributed by atoms with E-state index in [2.05, 4.69) is 17.2 Å². The summed E-state index contributed by atoms with van der Waals surface area (Å²) in [5, 5.41) is 2.01. The summed E-state index contributed by atoms with van der Waals surface area (Å²) >= 11 is 5.93. The molecular formula is C11H11ClN. The van der Waals surface area contributed by atoms with Gasteiger partial charge >= 0.3 is 0 Å². The number of rotatable bonds is 1. The van der Waals surface area contributed by atoms with Gasteiger partial charge in [0.15, 0.2) is 0 Å². The zero-order chi connectivity index (χ0) is 9.42. The molecule has 2 aromatic rings. The molecule has 0 bridgehead atoms. The Morgan fingerprint density at radius 1 is 1.38 bits per heavy atom. The van der Waals surface area contributed by atoms with E-state index < -0.39 is 0 Å². The molecule has 1 radical (unpaired) electrons. The van der Waals surface area contributed by atoms with Gasteiger partial charge in [-0.1, -0.05) is 18.5 Å². The lowest BCUT2D eigenvalue weighted by Crippen LogP contribution is -1.82. The van der Waals surface area contributed by atoms with Crippen molar-refractivity contribution in [1.29, 1.82) is 0 Å². The van der Waals surface area contributed by atoms with E-state index in [0.29, 0.717) is 0 Å². The predicted molar refractivity (Wildman–Crippen MR) is 57.0 cm³/mol. The fourth-order valence-electron chi connectivity index (χ4n) is 1.62. The molecule has 0 aliphatic carbocycles. The van der Waals surface area contributed by atoms with Crippen molar-refractivity contribution in [2.45, 2.75) is 6.92 Å². The van der Waals surface area contributed by atoms with Gasteiger partial charge in [0.05, 0.1) is 0 Å². The van der Waals surface area contributed by atoms with Crippen LogP contribution in [0.15, 0.2) is 24.4 Å². The Hall–Kier alpha value is -0.950. The van der Waals surface area contributed by atoms with Crippen LogP contribution in [-0.4, -0.2) is 4.57 Å². The Morgan fingerprint density at radius 3 is 2.85 bits per heavy atom. The van der Waals surface area contributed by atoms with Gasteiger partial charge in [-0.15, -0.1) is 0 Å². The van der Waals surface area contributed by atoms with E-state index in [1.165, 1.54) is 16.5 Å². The van der Waals surface area contributed by atoms with Gasteiger partial charge in [0.25, 0.3) is 0 Å². The first kappa shape index (κ1) is 8.64. The smallest absolute Gasteiger partial charge is 0.0481 e.